The molecule has 8 nitrogen and oxygen atoms in total. The third-order valence-corrected chi connectivity index (χ3v) is 7.10. The van der Waals surface area contributed by atoms with Crippen molar-refractivity contribution in [3.05, 3.63) is 111 Å². The zero-order chi connectivity index (χ0) is 30.3. The number of fused-ring (bicyclic) bond motifs is 1. The van der Waals surface area contributed by atoms with Gasteiger partial charge in [-0.25, -0.2) is 10.2 Å². The number of nitrogens with zero attached hydrogens (tertiary/aromatic N) is 1. The molecule has 0 aliphatic carbocycles. The Hall–Kier alpha value is -4.60. The lowest BCUT2D eigenvalue weighted by atomic mass is 10.0. The SMILES string of the molecule is CCOc1ccc(C(=O)Oc2ccc(Br)cc2C=NNC(=O)c2[nH]c3ccc(Cl)cc3c2-c2ccccc2)cc1OCC. The van der Waals surface area contributed by atoms with Crippen LogP contribution in [0.1, 0.15) is 40.3 Å². The number of H-pyrrole nitrogens is 1. The fraction of sp³-hybridized carbons (Fsp3) is 0.121. The van der Waals surface area contributed by atoms with Crippen molar-refractivity contribution >= 4 is 56.5 Å². The Labute approximate surface area is 261 Å². The van der Waals surface area contributed by atoms with Crippen LogP contribution in [0, 0.1) is 0 Å². The molecule has 0 fully saturated rings. The molecular formula is C33H27BrClN3O5. The highest BCUT2D eigenvalue weighted by atomic mass is 79.9. The summed E-state index contributed by atoms with van der Waals surface area (Å²) in [6.07, 6.45) is 1.41. The zero-order valence-corrected chi connectivity index (χ0v) is 25.7. The number of rotatable bonds is 10. The second kappa shape index (κ2) is 13.6. The third kappa shape index (κ3) is 6.90. The fourth-order valence-electron chi connectivity index (χ4n) is 4.51. The van der Waals surface area contributed by atoms with E-state index in [1.807, 2.05) is 56.3 Å². The van der Waals surface area contributed by atoms with Gasteiger partial charge in [0, 0.05) is 31.5 Å². The molecule has 43 heavy (non-hydrogen) atoms. The van der Waals surface area contributed by atoms with Gasteiger partial charge in [-0.15, -0.1) is 0 Å². The molecule has 218 valence electrons. The van der Waals surface area contributed by atoms with E-state index in [2.05, 4.69) is 31.4 Å². The highest BCUT2D eigenvalue weighted by molar-refractivity contribution is 9.10. The lowest BCUT2D eigenvalue weighted by Crippen LogP contribution is -2.19. The molecule has 5 aromatic rings. The highest BCUT2D eigenvalue weighted by Crippen LogP contribution is 2.34. The van der Waals surface area contributed by atoms with Gasteiger partial charge in [0.1, 0.15) is 11.4 Å². The van der Waals surface area contributed by atoms with Crippen molar-refractivity contribution in [2.75, 3.05) is 13.2 Å². The van der Waals surface area contributed by atoms with Gasteiger partial charge < -0.3 is 19.2 Å². The van der Waals surface area contributed by atoms with E-state index < -0.39 is 11.9 Å². The smallest absolute Gasteiger partial charge is 0.343 e. The van der Waals surface area contributed by atoms with Gasteiger partial charge in [0.2, 0.25) is 0 Å². The number of carbonyl (C=O) groups is 2. The van der Waals surface area contributed by atoms with Gasteiger partial charge in [-0.3, -0.25) is 4.79 Å². The second-order valence-electron chi connectivity index (χ2n) is 9.23. The number of hydrogen-bond acceptors (Lipinski definition) is 6. The number of aromatic nitrogens is 1. The predicted molar refractivity (Wildman–Crippen MR) is 172 cm³/mol. The molecule has 0 saturated carbocycles. The number of nitrogens with one attached hydrogen (secondary N) is 2. The number of aromatic amines is 1. The lowest BCUT2D eigenvalue weighted by molar-refractivity contribution is 0.0733. The van der Waals surface area contributed by atoms with Crippen molar-refractivity contribution in [1.29, 1.82) is 0 Å². The Morgan fingerprint density at radius 2 is 1.65 bits per heavy atom. The van der Waals surface area contributed by atoms with Crippen LogP contribution in [0.5, 0.6) is 17.2 Å². The molecule has 1 aromatic heterocycles. The summed E-state index contributed by atoms with van der Waals surface area (Å²) in [6, 6.07) is 24.9. The van der Waals surface area contributed by atoms with Crippen LogP contribution in [0.15, 0.2) is 94.5 Å². The maximum atomic E-state index is 13.4. The van der Waals surface area contributed by atoms with Crippen LogP contribution in [0.25, 0.3) is 22.0 Å². The molecule has 0 radical (unpaired) electrons. The predicted octanol–water partition coefficient (Wildman–Crippen LogP) is 8.03. The van der Waals surface area contributed by atoms with E-state index in [-0.39, 0.29) is 5.75 Å². The number of hydrazone groups is 1. The summed E-state index contributed by atoms with van der Waals surface area (Å²) in [5, 5.41) is 5.55. The number of amides is 1. The van der Waals surface area contributed by atoms with Gasteiger partial charge in [0.15, 0.2) is 11.5 Å². The minimum atomic E-state index is -0.589. The molecule has 0 saturated heterocycles. The molecule has 2 N–H and O–H groups in total. The third-order valence-electron chi connectivity index (χ3n) is 6.37. The first-order chi connectivity index (χ1) is 20.9. The summed E-state index contributed by atoms with van der Waals surface area (Å²) >= 11 is 9.71. The molecule has 0 atom stereocenters. The first-order valence-corrected chi connectivity index (χ1v) is 14.7. The van der Waals surface area contributed by atoms with Gasteiger partial charge in [-0.2, -0.15) is 5.10 Å². The molecule has 10 heteroatoms. The monoisotopic (exact) mass is 659 g/mol. The van der Waals surface area contributed by atoms with Crippen LogP contribution < -0.4 is 19.6 Å². The number of esters is 1. The Morgan fingerprint density at radius 1 is 0.907 bits per heavy atom. The second-order valence-corrected chi connectivity index (χ2v) is 10.6. The molecule has 0 spiro atoms. The Morgan fingerprint density at radius 3 is 2.42 bits per heavy atom. The molecular weight excluding hydrogens is 634 g/mol. The van der Waals surface area contributed by atoms with E-state index in [1.165, 1.54) is 6.21 Å². The Balaban J connectivity index is 1.38. The molecule has 1 amide bonds. The van der Waals surface area contributed by atoms with E-state index in [9.17, 15) is 9.59 Å². The summed E-state index contributed by atoms with van der Waals surface area (Å²) in [5.41, 5.74) is 6.01. The van der Waals surface area contributed by atoms with Crippen molar-refractivity contribution < 1.29 is 23.8 Å². The standard InChI is InChI=1S/C33H27BrClN3O5/c1-3-41-28-14-10-21(17-29(28)42-4-2)33(40)43-27-15-11-23(34)16-22(27)19-36-38-32(39)31-30(20-8-6-5-7-9-20)25-18-24(35)12-13-26(25)37-31/h5-19,37H,3-4H2,1-2H3,(H,38,39). The van der Waals surface area contributed by atoms with E-state index in [0.29, 0.717) is 52.1 Å². The molecule has 5 rings (SSSR count). The summed E-state index contributed by atoms with van der Waals surface area (Å²) in [5.74, 6) is 0.209. The molecule has 4 aromatic carbocycles. The summed E-state index contributed by atoms with van der Waals surface area (Å²) in [7, 11) is 0. The average molecular weight is 661 g/mol. The van der Waals surface area contributed by atoms with Crippen molar-refractivity contribution in [3.8, 4) is 28.4 Å². The number of halogens is 2. The van der Waals surface area contributed by atoms with Gasteiger partial charge in [0.05, 0.1) is 25.0 Å². The minimum Gasteiger partial charge on any atom is -0.490 e. The van der Waals surface area contributed by atoms with Crippen LogP contribution in [-0.2, 0) is 0 Å². The Kier molecular flexibility index (Phi) is 9.44. The zero-order valence-electron chi connectivity index (χ0n) is 23.3. The van der Waals surface area contributed by atoms with Crippen LogP contribution in [-0.4, -0.2) is 36.3 Å². The maximum absolute atomic E-state index is 13.4. The quantitative estimate of drug-likeness (QED) is 0.0684. The minimum absolute atomic E-state index is 0.253. The molecule has 0 aliphatic rings. The van der Waals surface area contributed by atoms with Crippen LogP contribution >= 0.6 is 27.5 Å². The van der Waals surface area contributed by atoms with Crippen LogP contribution in [0.4, 0.5) is 0 Å². The van der Waals surface area contributed by atoms with Crippen LogP contribution in [0.3, 0.4) is 0 Å². The van der Waals surface area contributed by atoms with E-state index in [1.54, 1.807) is 42.5 Å². The van der Waals surface area contributed by atoms with Crippen molar-refractivity contribution in [3.63, 3.8) is 0 Å². The van der Waals surface area contributed by atoms with Crippen molar-refractivity contribution in [2.45, 2.75) is 13.8 Å². The van der Waals surface area contributed by atoms with Gasteiger partial charge in [-0.05, 0) is 74.0 Å². The molecule has 1 heterocycles. The summed E-state index contributed by atoms with van der Waals surface area (Å²) < 4.78 is 17.7. The largest absolute Gasteiger partial charge is 0.490 e. The molecule has 0 unspecified atom stereocenters. The number of carbonyl (C=O) groups excluding carboxylic acids is 2. The van der Waals surface area contributed by atoms with Crippen molar-refractivity contribution in [2.24, 2.45) is 5.10 Å². The van der Waals surface area contributed by atoms with E-state index in [4.69, 9.17) is 25.8 Å². The first-order valence-electron chi connectivity index (χ1n) is 13.5. The van der Waals surface area contributed by atoms with E-state index >= 15 is 0 Å². The normalized spacial score (nSPS) is 11.1. The average Bonchev–Trinajstić information content (AvgIpc) is 3.38. The Bertz CT molecular complexity index is 1820. The summed E-state index contributed by atoms with van der Waals surface area (Å²) in [4.78, 5) is 29.6. The molecule has 0 bridgehead atoms. The highest BCUT2D eigenvalue weighted by Gasteiger charge is 2.20. The first kappa shape index (κ1) is 29.9. The van der Waals surface area contributed by atoms with Gasteiger partial charge in [-0.1, -0.05) is 57.9 Å². The van der Waals surface area contributed by atoms with Crippen molar-refractivity contribution in [1.82, 2.24) is 10.4 Å². The fourth-order valence-corrected chi connectivity index (χ4v) is 5.06. The number of benzene rings is 4. The number of hydrogen-bond donors (Lipinski definition) is 2. The maximum Gasteiger partial charge on any atom is 0.343 e. The number of ether oxygens (including phenoxy) is 3. The van der Waals surface area contributed by atoms with Gasteiger partial charge in [0.25, 0.3) is 5.91 Å². The van der Waals surface area contributed by atoms with Gasteiger partial charge >= 0.3 is 5.97 Å². The topological polar surface area (TPSA) is 102 Å². The molecule has 0 aliphatic heterocycles. The lowest BCUT2D eigenvalue weighted by Gasteiger charge is -2.13. The van der Waals surface area contributed by atoms with E-state index in [0.717, 1.165) is 20.9 Å². The van der Waals surface area contributed by atoms with Crippen LogP contribution in [0.2, 0.25) is 5.02 Å². The summed E-state index contributed by atoms with van der Waals surface area (Å²) in [6.45, 7) is 4.60.